The predicted molar refractivity (Wildman–Crippen MR) is 71.6 cm³/mol. The quantitative estimate of drug-likeness (QED) is 0.928. The summed E-state index contributed by atoms with van der Waals surface area (Å²) in [5.41, 5.74) is 1.43. The number of nitrogens with zero attached hydrogens (tertiary/aromatic N) is 1. The summed E-state index contributed by atoms with van der Waals surface area (Å²) >= 11 is 10.6. The van der Waals surface area contributed by atoms with Crippen molar-refractivity contribution in [3.8, 4) is 10.6 Å². The van der Waals surface area contributed by atoms with E-state index in [1.54, 1.807) is 12.1 Å². The molecule has 2 rings (SSSR count). The van der Waals surface area contributed by atoms with Crippen LogP contribution in [0.3, 0.4) is 0 Å². The Morgan fingerprint density at radius 1 is 1.53 bits per heavy atom. The zero-order valence-corrected chi connectivity index (χ0v) is 11.6. The minimum Gasteiger partial charge on any atom is -0.481 e. The van der Waals surface area contributed by atoms with Gasteiger partial charge in [-0.3, -0.25) is 4.79 Å². The highest BCUT2D eigenvalue weighted by Crippen LogP contribution is 2.33. The first-order valence-electron chi connectivity index (χ1n) is 4.69. The molecule has 0 bridgehead atoms. The normalized spacial score (nSPS) is 10.5. The van der Waals surface area contributed by atoms with E-state index in [9.17, 15) is 4.79 Å². The molecule has 1 aromatic heterocycles. The molecular formula is C11H7BrClNO2S. The molecule has 0 saturated carbocycles. The van der Waals surface area contributed by atoms with Gasteiger partial charge in [0, 0.05) is 10.6 Å². The Balaban J connectivity index is 2.37. The fourth-order valence-corrected chi connectivity index (χ4v) is 3.02. The third kappa shape index (κ3) is 3.06. The van der Waals surface area contributed by atoms with Crippen LogP contribution in [0.15, 0.2) is 28.1 Å². The number of halogens is 2. The average molecular weight is 333 g/mol. The van der Waals surface area contributed by atoms with Gasteiger partial charge in [-0.05, 0) is 28.1 Å². The summed E-state index contributed by atoms with van der Waals surface area (Å²) in [5, 5.41) is 10.1. The maximum absolute atomic E-state index is 10.6. The first kappa shape index (κ1) is 12.5. The SMILES string of the molecule is O=C(O)Cc1nc(-c2cccc(Cl)c2)sc1Br. The van der Waals surface area contributed by atoms with Gasteiger partial charge >= 0.3 is 5.97 Å². The van der Waals surface area contributed by atoms with Crippen molar-refractivity contribution in [1.29, 1.82) is 0 Å². The molecular weight excluding hydrogens is 326 g/mol. The van der Waals surface area contributed by atoms with Crippen LogP contribution in [0.5, 0.6) is 0 Å². The lowest BCUT2D eigenvalue weighted by atomic mass is 10.2. The van der Waals surface area contributed by atoms with Gasteiger partial charge in [-0.15, -0.1) is 11.3 Å². The van der Waals surface area contributed by atoms with Crippen molar-refractivity contribution in [2.45, 2.75) is 6.42 Å². The number of carbonyl (C=O) groups is 1. The summed E-state index contributed by atoms with van der Waals surface area (Å²) in [6.45, 7) is 0. The maximum Gasteiger partial charge on any atom is 0.309 e. The third-order valence-electron chi connectivity index (χ3n) is 2.04. The number of aliphatic carboxylic acids is 1. The standard InChI is InChI=1S/C11H7BrClNO2S/c12-10-8(5-9(15)16)14-11(17-10)6-2-1-3-7(13)4-6/h1-4H,5H2,(H,15,16). The van der Waals surface area contributed by atoms with E-state index in [-0.39, 0.29) is 6.42 Å². The van der Waals surface area contributed by atoms with Crippen molar-refractivity contribution in [3.63, 3.8) is 0 Å². The summed E-state index contributed by atoms with van der Waals surface area (Å²) in [6, 6.07) is 7.31. The van der Waals surface area contributed by atoms with Crippen LogP contribution in [0.4, 0.5) is 0 Å². The highest BCUT2D eigenvalue weighted by atomic mass is 79.9. The second kappa shape index (κ2) is 5.16. The molecule has 0 fully saturated rings. The number of rotatable bonds is 3. The number of carboxylic acids is 1. The first-order valence-corrected chi connectivity index (χ1v) is 6.68. The molecule has 0 aliphatic heterocycles. The van der Waals surface area contributed by atoms with Crippen LogP contribution in [-0.4, -0.2) is 16.1 Å². The van der Waals surface area contributed by atoms with Gasteiger partial charge in [0.1, 0.15) is 5.01 Å². The molecule has 1 N–H and O–H groups in total. The molecule has 3 nitrogen and oxygen atoms in total. The number of benzene rings is 1. The van der Waals surface area contributed by atoms with Gasteiger partial charge in [0.15, 0.2) is 0 Å². The van der Waals surface area contributed by atoms with Gasteiger partial charge in [0.2, 0.25) is 0 Å². The average Bonchev–Trinajstić information content (AvgIpc) is 2.59. The largest absolute Gasteiger partial charge is 0.481 e. The van der Waals surface area contributed by atoms with Crippen LogP contribution in [0.25, 0.3) is 10.6 Å². The summed E-state index contributed by atoms with van der Waals surface area (Å²) < 4.78 is 0.745. The monoisotopic (exact) mass is 331 g/mol. The highest BCUT2D eigenvalue weighted by Gasteiger charge is 2.13. The zero-order valence-electron chi connectivity index (χ0n) is 8.48. The molecule has 6 heteroatoms. The summed E-state index contributed by atoms with van der Waals surface area (Å²) in [4.78, 5) is 14.9. The van der Waals surface area contributed by atoms with Crippen molar-refractivity contribution in [2.24, 2.45) is 0 Å². The summed E-state index contributed by atoms with van der Waals surface area (Å²) in [5.74, 6) is -0.895. The van der Waals surface area contributed by atoms with Crippen molar-refractivity contribution in [1.82, 2.24) is 4.98 Å². The third-order valence-corrected chi connectivity index (χ3v) is 4.15. The van der Waals surface area contributed by atoms with E-state index in [4.69, 9.17) is 16.7 Å². The minimum atomic E-state index is -0.895. The molecule has 0 unspecified atom stereocenters. The molecule has 0 radical (unpaired) electrons. The molecule has 0 amide bonds. The highest BCUT2D eigenvalue weighted by molar-refractivity contribution is 9.11. The van der Waals surface area contributed by atoms with Gasteiger partial charge in [-0.1, -0.05) is 23.7 Å². The Hall–Kier alpha value is -0.910. The van der Waals surface area contributed by atoms with E-state index < -0.39 is 5.97 Å². The Kier molecular flexibility index (Phi) is 3.81. The van der Waals surface area contributed by atoms with E-state index in [0.717, 1.165) is 14.4 Å². The van der Waals surface area contributed by atoms with Crippen molar-refractivity contribution < 1.29 is 9.90 Å². The van der Waals surface area contributed by atoms with Crippen LogP contribution >= 0.6 is 38.9 Å². The Morgan fingerprint density at radius 2 is 2.29 bits per heavy atom. The van der Waals surface area contributed by atoms with Crippen LogP contribution in [-0.2, 0) is 11.2 Å². The number of hydrogen-bond donors (Lipinski definition) is 1. The molecule has 0 atom stereocenters. The molecule has 17 heavy (non-hydrogen) atoms. The van der Waals surface area contributed by atoms with Crippen LogP contribution in [0.1, 0.15) is 5.69 Å². The van der Waals surface area contributed by atoms with E-state index in [0.29, 0.717) is 10.7 Å². The van der Waals surface area contributed by atoms with Crippen molar-refractivity contribution in [2.75, 3.05) is 0 Å². The molecule has 0 aliphatic rings. The number of thiazole rings is 1. The maximum atomic E-state index is 10.6. The fraction of sp³-hybridized carbons (Fsp3) is 0.0909. The number of hydrogen-bond acceptors (Lipinski definition) is 3. The second-order valence-electron chi connectivity index (χ2n) is 3.32. The van der Waals surface area contributed by atoms with Crippen molar-refractivity contribution >= 4 is 44.8 Å². The van der Waals surface area contributed by atoms with Gasteiger partial charge in [0.25, 0.3) is 0 Å². The molecule has 1 aromatic carbocycles. The van der Waals surface area contributed by atoms with Crippen LogP contribution in [0.2, 0.25) is 5.02 Å². The number of carboxylic acid groups (broad SMARTS) is 1. The van der Waals surface area contributed by atoms with E-state index in [2.05, 4.69) is 20.9 Å². The van der Waals surface area contributed by atoms with E-state index in [1.165, 1.54) is 11.3 Å². The van der Waals surface area contributed by atoms with Gasteiger partial charge in [0.05, 0.1) is 15.9 Å². The Morgan fingerprint density at radius 3 is 2.94 bits per heavy atom. The van der Waals surface area contributed by atoms with E-state index in [1.807, 2.05) is 12.1 Å². The van der Waals surface area contributed by atoms with Crippen molar-refractivity contribution in [3.05, 3.63) is 38.8 Å². The molecule has 2 aromatic rings. The van der Waals surface area contributed by atoms with Crippen LogP contribution < -0.4 is 0 Å². The van der Waals surface area contributed by atoms with Crippen LogP contribution in [0, 0.1) is 0 Å². The zero-order chi connectivity index (χ0) is 12.4. The molecule has 0 spiro atoms. The lowest BCUT2D eigenvalue weighted by Crippen LogP contribution is -2.00. The van der Waals surface area contributed by atoms with Gasteiger partial charge in [-0.25, -0.2) is 4.98 Å². The molecule has 1 heterocycles. The Bertz CT molecular complexity index is 570. The second-order valence-corrected chi connectivity index (χ2v) is 6.07. The number of aromatic nitrogens is 1. The Labute approximate surface area is 115 Å². The van der Waals surface area contributed by atoms with Gasteiger partial charge < -0.3 is 5.11 Å². The van der Waals surface area contributed by atoms with E-state index >= 15 is 0 Å². The smallest absolute Gasteiger partial charge is 0.309 e. The first-order chi connectivity index (χ1) is 8.06. The lowest BCUT2D eigenvalue weighted by Gasteiger charge is -1.95. The lowest BCUT2D eigenvalue weighted by molar-refractivity contribution is -0.136. The molecule has 0 saturated heterocycles. The molecule has 88 valence electrons. The summed E-state index contributed by atoms with van der Waals surface area (Å²) in [7, 11) is 0. The minimum absolute atomic E-state index is 0.0857. The summed E-state index contributed by atoms with van der Waals surface area (Å²) in [6.07, 6.45) is -0.0857. The topological polar surface area (TPSA) is 50.2 Å². The molecule has 0 aliphatic carbocycles. The van der Waals surface area contributed by atoms with Gasteiger partial charge in [-0.2, -0.15) is 0 Å². The predicted octanol–water partition coefficient (Wildman–Crippen LogP) is 3.85. The fourth-order valence-electron chi connectivity index (χ4n) is 1.33.